The van der Waals surface area contributed by atoms with Crippen LogP contribution in [-0.2, 0) is 20.2 Å². The molecule has 1 fully saturated rings. The zero-order valence-electron chi connectivity index (χ0n) is 14.5. The number of sulfone groups is 1. The van der Waals surface area contributed by atoms with Crippen LogP contribution in [-0.4, -0.2) is 44.2 Å². The van der Waals surface area contributed by atoms with Crippen molar-refractivity contribution in [2.45, 2.75) is 16.9 Å². The van der Waals surface area contributed by atoms with E-state index in [1.54, 1.807) is 48.3 Å². The lowest BCUT2D eigenvalue weighted by atomic mass is 9.75. The quantitative estimate of drug-likeness (QED) is 0.865. The van der Waals surface area contributed by atoms with Crippen LogP contribution < -0.4 is 0 Å². The van der Waals surface area contributed by atoms with Gasteiger partial charge in [-0.25, -0.2) is 8.42 Å². The second kappa shape index (κ2) is 6.68. The van der Waals surface area contributed by atoms with Gasteiger partial charge in [-0.3, -0.25) is 4.79 Å². The molecule has 1 aliphatic heterocycles. The Bertz CT molecular complexity index is 925. The number of carbonyl (C=O) groups is 1. The molecule has 0 saturated carbocycles. The molecule has 1 saturated heterocycles. The fourth-order valence-corrected chi connectivity index (χ4v) is 4.20. The summed E-state index contributed by atoms with van der Waals surface area (Å²) in [7, 11) is -1.64. The smallest absolute Gasteiger partial charge is 0.229 e. The van der Waals surface area contributed by atoms with Crippen molar-refractivity contribution < 1.29 is 18.3 Å². The van der Waals surface area contributed by atoms with E-state index in [1.807, 2.05) is 0 Å². The monoisotopic (exact) mass is 393 g/mol. The maximum atomic E-state index is 12.6. The summed E-state index contributed by atoms with van der Waals surface area (Å²) in [6.45, 7) is 0.556. The molecular formula is C19H20ClNO4S. The van der Waals surface area contributed by atoms with Crippen molar-refractivity contribution in [2.24, 2.45) is 5.92 Å². The minimum atomic E-state index is -3.35. The second-order valence-electron chi connectivity index (χ2n) is 6.67. The Balaban J connectivity index is 2.15. The largest absolute Gasteiger partial charge is 0.380 e. The fraction of sp³-hybridized carbons (Fsp3) is 0.316. The van der Waals surface area contributed by atoms with Gasteiger partial charge in [0.25, 0.3) is 0 Å². The highest BCUT2D eigenvalue weighted by atomic mass is 35.5. The van der Waals surface area contributed by atoms with Gasteiger partial charge < -0.3 is 10.0 Å². The Morgan fingerprint density at radius 3 is 2.00 bits per heavy atom. The number of nitrogens with zero attached hydrogens (tertiary/aromatic N) is 1. The lowest BCUT2D eigenvalue weighted by Gasteiger charge is -2.34. The van der Waals surface area contributed by atoms with Crippen LogP contribution in [0.4, 0.5) is 0 Å². The Morgan fingerprint density at radius 1 is 1.08 bits per heavy atom. The van der Waals surface area contributed by atoms with E-state index in [1.165, 1.54) is 12.1 Å². The number of halogens is 1. The number of amides is 1. The molecule has 0 aromatic heterocycles. The molecule has 0 radical (unpaired) electrons. The second-order valence-corrected chi connectivity index (χ2v) is 9.12. The average Bonchev–Trinajstić information content (AvgIpc) is 2.94. The van der Waals surface area contributed by atoms with E-state index in [2.05, 4.69) is 0 Å². The molecule has 2 aromatic carbocycles. The van der Waals surface area contributed by atoms with E-state index in [9.17, 15) is 18.3 Å². The number of carbonyl (C=O) groups excluding carboxylic acids is 1. The normalized spacial score (nSPS) is 20.2. The molecule has 1 amide bonds. The summed E-state index contributed by atoms with van der Waals surface area (Å²) in [5, 5.41) is 12.2. The molecule has 2 aromatic rings. The maximum Gasteiger partial charge on any atom is 0.229 e. The summed E-state index contributed by atoms with van der Waals surface area (Å²) in [6.07, 6.45) is 1.63. The number of hydrogen-bond acceptors (Lipinski definition) is 4. The minimum Gasteiger partial charge on any atom is -0.380 e. The van der Waals surface area contributed by atoms with E-state index < -0.39 is 21.4 Å². The molecule has 1 heterocycles. The van der Waals surface area contributed by atoms with Gasteiger partial charge in [0.2, 0.25) is 5.91 Å². The van der Waals surface area contributed by atoms with E-state index in [0.29, 0.717) is 29.1 Å². The van der Waals surface area contributed by atoms with Gasteiger partial charge in [-0.05, 0) is 41.8 Å². The first-order valence-corrected chi connectivity index (χ1v) is 10.4. The number of likely N-dealkylation sites (tertiary alicyclic amines) is 1. The van der Waals surface area contributed by atoms with Crippen molar-refractivity contribution in [3.05, 3.63) is 64.7 Å². The van der Waals surface area contributed by atoms with Gasteiger partial charge >= 0.3 is 0 Å². The van der Waals surface area contributed by atoms with Gasteiger partial charge in [0.1, 0.15) is 5.60 Å². The third-order valence-electron chi connectivity index (χ3n) is 4.94. The Labute approximate surface area is 158 Å². The van der Waals surface area contributed by atoms with Crippen LogP contribution in [0.3, 0.4) is 0 Å². The Hall–Kier alpha value is -1.89. The third-order valence-corrected chi connectivity index (χ3v) is 6.32. The van der Waals surface area contributed by atoms with Crippen LogP contribution in [0, 0.1) is 5.92 Å². The summed E-state index contributed by atoms with van der Waals surface area (Å²) in [5.41, 5.74) is -0.550. The molecule has 1 aliphatic rings. The van der Waals surface area contributed by atoms with Crippen molar-refractivity contribution in [1.29, 1.82) is 0 Å². The van der Waals surface area contributed by atoms with Crippen molar-refractivity contribution in [2.75, 3.05) is 19.8 Å². The predicted molar refractivity (Wildman–Crippen MR) is 99.7 cm³/mol. The molecule has 138 valence electrons. The lowest BCUT2D eigenvalue weighted by Crippen LogP contribution is -2.41. The zero-order valence-corrected chi connectivity index (χ0v) is 16.1. The van der Waals surface area contributed by atoms with Crippen LogP contribution in [0.1, 0.15) is 17.5 Å². The van der Waals surface area contributed by atoms with Gasteiger partial charge in [0, 0.05) is 24.9 Å². The maximum absolute atomic E-state index is 12.6. The molecule has 7 heteroatoms. The van der Waals surface area contributed by atoms with Crippen molar-refractivity contribution in [3.63, 3.8) is 0 Å². The average molecular weight is 394 g/mol. The number of hydrogen-bond donors (Lipinski definition) is 1. The van der Waals surface area contributed by atoms with Crippen LogP contribution in [0.5, 0.6) is 0 Å². The topological polar surface area (TPSA) is 74.7 Å². The molecule has 1 N–H and O–H groups in total. The number of benzene rings is 2. The minimum absolute atomic E-state index is 0.144. The van der Waals surface area contributed by atoms with Crippen molar-refractivity contribution >= 4 is 27.3 Å². The first kappa shape index (κ1) is 18.9. The summed E-state index contributed by atoms with van der Waals surface area (Å²) in [6, 6.07) is 12.7. The summed E-state index contributed by atoms with van der Waals surface area (Å²) >= 11 is 5.97. The standard InChI is InChI=1S/C19H20ClNO4S/c1-21-12-11-17(18(21)22)19(23,13-3-7-15(20)8-4-13)14-5-9-16(10-6-14)26(2,24)25/h3-10,17,23H,11-12H2,1-2H3. The van der Waals surface area contributed by atoms with Gasteiger partial charge in [-0.1, -0.05) is 35.9 Å². The van der Waals surface area contributed by atoms with Crippen LogP contribution in [0.15, 0.2) is 53.4 Å². The first-order valence-electron chi connectivity index (χ1n) is 8.18. The molecule has 0 aliphatic carbocycles. The molecule has 5 nitrogen and oxygen atoms in total. The van der Waals surface area contributed by atoms with E-state index in [4.69, 9.17) is 11.6 Å². The van der Waals surface area contributed by atoms with Gasteiger partial charge in [-0.2, -0.15) is 0 Å². The number of rotatable bonds is 4. The fourth-order valence-electron chi connectivity index (χ4n) is 3.44. The molecule has 2 unspecified atom stereocenters. The summed E-state index contributed by atoms with van der Waals surface area (Å²) in [4.78, 5) is 14.4. The van der Waals surface area contributed by atoms with Crippen molar-refractivity contribution in [3.8, 4) is 0 Å². The summed E-state index contributed by atoms with van der Waals surface area (Å²) < 4.78 is 23.4. The van der Waals surface area contributed by atoms with E-state index in [0.717, 1.165) is 6.26 Å². The zero-order chi connectivity index (χ0) is 19.1. The molecule has 3 rings (SSSR count). The molecule has 0 spiro atoms. The SMILES string of the molecule is CN1CCC(C(O)(c2ccc(Cl)cc2)c2ccc(S(C)(=O)=O)cc2)C1=O. The summed E-state index contributed by atoms with van der Waals surface area (Å²) in [5.74, 6) is -0.799. The number of aliphatic hydroxyl groups is 1. The van der Waals surface area contributed by atoms with Gasteiger partial charge in [0.15, 0.2) is 9.84 Å². The van der Waals surface area contributed by atoms with Crippen LogP contribution in [0.2, 0.25) is 5.02 Å². The Kier molecular flexibility index (Phi) is 4.86. The molecular weight excluding hydrogens is 374 g/mol. The highest BCUT2D eigenvalue weighted by molar-refractivity contribution is 7.90. The third kappa shape index (κ3) is 3.24. The molecule has 2 atom stereocenters. The first-order chi connectivity index (χ1) is 12.1. The van der Waals surface area contributed by atoms with Gasteiger partial charge in [-0.15, -0.1) is 0 Å². The van der Waals surface area contributed by atoms with E-state index >= 15 is 0 Å². The molecule has 0 bridgehead atoms. The van der Waals surface area contributed by atoms with Gasteiger partial charge in [0.05, 0.1) is 10.8 Å². The highest BCUT2D eigenvalue weighted by Gasteiger charge is 2.48. The lowest BCUT2D eigenvalue weighted by molar-refractivity contribution is -0.136. The van der Waals surface area contributed by atoms with E-state index in [-0.39, 0.29) is 10.8 Å². The predicted octanol–water partition coefficient (Wildman–Crippen LogP) is 2.46. The van der Waals surface area contributed by atoms with Crippen LogP contribution >= 0.6 is 11.6 Å². The highest BCUT2D eigenvalue weighted by Crippen LogP contribution is 2.42. The Morgan fingerprint density at radius 2 is 1.58 bits per heavy atom. The van der Waals surface area contributed by atoms with Crippen LogP contribution in [0.25, 0.3) is 0 Å². The molecule has 26 heavy (non-hydrogen) atoms. The van der Waals surface area contributed by atoms with Crippen molar-refractivity contribution in [1.82, 2.24) is 4.90 Å².